The number of ether oxygens (including phenoxy) is 2. The third-order valence-electron chi connectivity index (χ3n) is 3.16. The molecule has 1 aliphatic rings. The lowest BCUT2D eigenvalue weighted by atomic mass is 10.00. The van der Waals surface area contributed by atoms with Crippen LogP contribution in [0.3, 0.4) is 0 Å². The van der Waals surface area contributed by atoms with E-state index >= 15 is 0 Å². The highest BCUT2D eigenvalue weighted by Crippen LogP contribution is 2.22. The van der Waals surface area contributed by atoms with E-state index < -0.39 is 6.10 Å². The normalized spacial score (nSPS) is 26.6. The third-order valence-corrected chi connectivity index (χ3v) is 3.16. The monoisotopic (exact) mass is 245 g/mol. The first kappa shape index (κ1) is 14.9. The maximum absolute atomic E-state index is 9.68. The molecular formula is C13H27NO3. The van der Waals surface area contributed by atoms with Crippen molar-refractivity contribution in [1.29, 1.82) is 0 Å². The van der Waals surface area contributed by atoms with Crippen molar-refractivity contribution in [2.24, 2.45) is 5.92 Å². The molecule has 0 aromatic rings. The lowest BCUT2D eigenvalue weighted by molar-refractivity contribution is 0.00569. The van der Waals surface area contributed by atoms with Gasteiger partial charge in [-0.15, -0.1) is 0 Å². The van der Waals surface area contributed by atoms with Gasteiger partial charge in [-0.05, 0) is 32.6 Å². The van der Waals surface area contributed by atoms with Crippen LogP contribution in [0.4, 0.5) is 0 Å². The highest BCUT2D eigenvalue weighted by molar-refractivity contribution is 4.77. The summed E-state index contributed by atoms with van der Waals surface area (Å²) in [6.45, 7) is 8.92. The SMILES string of the molecule is CCC1OCCC1CNCC(O)COC(C)C. The highest BCUT2D eigenvalue weighted by atomic mass is 16.5. The smallest absolute Gasteiger partial charge is 0.0897 e. The van der Waals surface area contributed by atoms with Crippen molar-refractivity contribution in [3.05, 3.63) is 0 Å². The van der Waals surface area contributed by atoms with Crippen LogP contribution in [0.5, 0.6) is 0 Å². The van der Waals surface area contributed by atoms with Crippen LogP contribution >= 0.6 is 0 Å². The van der Waals surface area contributed by atoms with E-state index in [9.17, 15) is 5.11 Å². The second kappa shape index (κ2) is 8.03. The number of aliphatic hydroxyl groups is 1. The van der Waals surface area contributed by atoms with Crippen molar-refractivity contribution < 1.29 is 14.6 Å². The van der Waals surface area contributed by atoms with E-state index in [1.54, 1.807) is 0 Å². The van der Waals surface area contributed by atoms with Crippen molar-refractivity contribution in [2.75, 3.05) is 26.3 Å². The number of rotatable bonds is 8. The largest absolute Gasteiger partial charge is 0.389 e. The third kappa shape index (κ3) is 5.82. The average Bonchev–Trinajstić information content (AvgIpc) is 2.74. The number of hydrogen-bond donors (Lipinski definition) is 2. The van der Waals surface area contributed by atoms with Gasteiger partial charge in [0.15, 0.2) is 0 Å². The molecule has 0 bridgehead atoms. The molecule has 0 saturated carbocycles. The fourth-order valence-electron chi connectivity index (χ4n) is 2.18. The van der Waals surface area contributed by atoms with Crippen LogP contribution in [-0.4, -0.2) is 49.7 Å². The Morgan fingerprint density at radius 2 is 2.24 bits per heavy atom. The van der Waals surface area contributed by atoms with Gasteiger partial charge in [0.2, 0.25) is 0 Å². The minimum absolute atomic E-state index is 0.178. The first-order valence-electron chi connectivity index (χ1n) is 6.75. The quantitative estimate of drug-likeness (QED) is 0.674. The summed E-state index contributed by atoms with van der Waals surface area (Å²) in [4.78, 5) is 0. The van der Waals surface area contributed by atoms with Crippen LogP contribution in [0.1, 0.15) is 33.6 Å². The Morgan fingerprint density at radius 1 is 1.47 bits per heavy atom. The second-order valence-electron chi connectivity index (χ2n) is 5.06. The zero-order valence-corrected chi connectivity index (χ0v) is 11.3. The van der Waals surface area contributed by atoms with Gasteiger partial charge in [-0.2, -0.15) is 0 Å². The van der Waals surface area contributed by atoms with Crippen molar-refractivity contribution in [1.82, 2.24) is 5.32 Å². The summed E-state index contributed by atoms with van der Waals surface area (Å²) in [5, 5.41) is 13.0. The van der Waals surface area contributed by atoms with Crippen LogP contribution in [0, 0.1) is 5.92 Å². The lowest BCUT2D eigenvalue weighted by Gasteiger charge is -2.19. The molecule has 0 amide bonds. The standard InChI is InChI=1S/C13H27NO3/c1-4-13-11(5-6-16-13)7-14-8-12(15)9-17-10(2)3/h10-15H,4-9H2,1-3H3. The summed E-state index contributed by atoms with van der Waals surface area (Å²) in [6, 6.07) is 0. The maximum atomic E-state index is 9.68. The van der Waals surface area contributed by atoms with Crippen molar-refractivity contribution in [2.45, 2.75) is 51.9 Å². The lowest BCUT2D eigenvalue weighted by Crippen LogP contribution is -2.35. The fourth-order valence-corrected chi connectivity index (χ4v) is 2.18. The molecule has 0 spiro atoms. The minimum atomic E-state index is -0.417. The molecule has 0 aromatic carbocycles. The molecule has 4 nitrogen and oxygen atoms in total. The molecule has 1 saturated heterocycles. The zero-order valence-electron chi connectivity index (χ0n) is 11.3. The predicted octanol–water partition coefficient (Wildman–Crippen LogP) is 1.18. The molecule has 0 radical (unpaired) electrons. The zero-order chi connectivity index (χ0) is 12.7. The Balaban J connectivity index is 2.06. The molecule has 0 aliphatic carbocycles. The van der Waals surface area contributed by atoms with Gasteiger partial charge in [0.1, 0.15) is 0 Å². The van der Waals surface area contributed by atoms with Gasteiger partial charge in [0, 0.05) is 19.7 Å². The van der Waals surface area contributed by atoms with E-state index in [2.05, 4.69) is 12.2 Å². The minimum Gasteiger partial charge on any atom is -0.389 e. The molecule has 17 heavy (non-hydrogen) atoms. The summed E-state index contributed by atoms with van der Waals surface area (Å²) in [6.07, 6.45) is 2.36. The fraction of sp³-hybridized carbons (Fsp3) is 1.00. The average molecular weight is 245 g/mol. The van der Waals surface area contributed by atoms with Gasteiger partial charge in [0.05, 0.1) is 24.9 Å². The Morgan fingerprint density at radius 3 is 2.88 bits per heavy atom. The molecule has 102 valence electrons. The second-order valence-corrected chi connectivity index (χ2v) is 5.06. The van der Waals surface area contributed by atoms with Gasteiger partial charge < -0.3 is 19.9 Å². The van der Waals surface area contributed by atoms with Crippen LogP contribution in [0.2, 0.25) is 0 Å². The molecule has 1 aliphatic heterocycles. The molecule has 1 fully saturated rings. The van der Waals surface area contributed by atoms with Gasteiger partial charge in [-0.1, -0.05) is 6.92 Å². The molecular weight excluding hydrogens is 218 g/mol. The van der Waals surface area contributed by atoms with Crippen LogP contribution in [0.25, 0.3) is 0 Å². The van der Waals surface area contributed by atoms with E-state index in [4.69, 9.17) is 9.47 Å². The van der Waals surface area contributed by atoms with Crippen molar-refractivity contribution in [3.63, 3.8) is 0 Å². The highest BCUT2D eigenvalue weighted by Gasteiger charge is 2.26. The summed E-state index contributed by atoms with van der Waals surface area (Å²) in [5.41, 5.74) is 0. The van der Waals surface area contributed by atoms with E-state index in [-0.39, 0.29) is 6.10 Å². The van der Waals surface area contributed by atoms with Crippen molar-refractivity contribution in [3.8, 4) is 0 Å². The van der Waals surface area contributed by atoms with Crippen LogP contribution in [-0.2, 0) is 9.47 Å². The van der Waals surface area contributed by atoms with E-state index in [1.165, 1.54) is 0 Å². The number of hydrogen-bond acceptors (Lipinski definition) is 4. The Kier molecular flexibility index (Phi) is 7.04. The van der Waals surface area contributed by atoms with Gasteiger partial charge >= 0.3 is 0 Å². The van der Waals surface area contributed by atoms with Gasteiger partial charge in [0.25, 0.3) is 0 Å². The number of aliphatic hydroxyl groups excluding tert-OH is 1. The summed E-state index contributed by atoms with van der Waals surface area (Å²) < 4.78 is 11.0. The Labute approximate surface area is 105 Å². The molecule has 1 rings (SSSR count). The first-order chi connectivity index (χ1) is 8.13. The molecule has 4 heteroatoms. The molecule has 2 N–H and O–H groups in total. The summed E-state index contributed by atoms with van der Waals surface area (Å²) >= 11 is 0. The maximum Gasteiger partial charge on any atom is 0.0897 e. The summed E-state index contributed by atoms with van der Waals surface area (Å²) in [5.74, 6) is 0.596. The Hall–Kier alpha value is -0.160. The van der Waals surface area contributed by atoms with Gasteiger partial charge in [-0.3, -0.25) is 0 Å². The topological polar surface area (TPSA) is 50.7 Å². The van der Waals surface area contributed by atoms with E-state index in [0.29, 0.717) is 25.2 Å². The number of nitrogens with one attached hydrogen (secondary N) is 1. The molecule has 3 atom stereocenters. The summed E-state index contributed by atoms with van der Waals surface area (Å²) in [7, 11) is 0. The molecule has 0 aromatic heterocycles. The van der Waals surface area contributed by atoms with Gasteiger partial charge in [-0.25, -0.2) is 0 Å². The molecule has 1 heterocycles. The van der Waals surface area contributed by atoms with E-state index in [0.717, 1.165) is 26.0 Å². The van der Waals surface area contributed by atoms with Crippen LogP contribution < -0.4 is 5.32 Å². The van der Waals surface area contributed by atoms with E-state index in [1.807, 2.05) is 13.8 Å². The first-order valence-corrected chi connectivity index (χ1v) is 6.75. The molecule has 3 unspecified atom stereocenters. The Bertz CT molecular complexity index is 199. The van der Waals surface area contributed by atoms with Crippen molar-refractivity contribution >= 4 is 0 Å². The van der Waals surface area contributed by atoms with Crippen LogP contribution in [0.15, 0.2) is 0 Å². The predicted molar refractivity (Wildman–Crippen MR) is 68.1 cm³/mol.